The molecule has 160 valence electrons. The Morgan fingerprint density at radius 3 is 2.80 bits per heavy atom. The molecule has 1 aromatic heterocycles. The number of hydrogen-bond acceptors (Lipinski definition) is 5. The predicted octanol–water partition coefficient (Wildman–Crippen LogP) is 1.65. The first-order valence-corrected chi connectivity index (χ1v) is 9.76. The molecule has 1 amide bonds. The molecule has 2 fully saturated rings. The SMILES string of the molecule is O=CNCCC1CN(c2c(F)cc3c(=O)c(C(=O)O)cn(C4CC4)c3c2F)CCO1. The van der Waals surface area contributed by atoms with Crippen molar-refractivity contribution in [2.24, 2.45) is 0 Å². The van der Waals surface area contributed by atoms with Gasteiger partial charge in [-0.1, -0.05) is 0 Å². The van der Waals surface area contributed by atoms with Gasteiger partial charge in [0.25, 0.3) is 0 Å². The van der Waals surface area contributed by atoms with Gasteiger partial charge in [0.2, 0.25) is 11.8 Å². The van der Waals surface area contributed by atoms with E-state index in [-0.39, 0.29) is 48.4 Å². The topological polar surface area (TPSA) is 101 Å². The number of benzene rings is 1. The summed E-state index contributed by atoms with van der Waals surface area (Å²) in [6, 6.07) is 0.811. The van der Waals surface area contributed by atoms with Gasteiger partial charge in [-0.25, -0.2) is 13.6 Å². The van der Waals surface area contributed by atoms with Crippen molar-refractivity contribution in [1.82, 2.24) is 9.88 Å². The van der Waals surface area contributed by atoms with Crippen LogP contribution in [0.3, 0.4) is 0 Å². The second-order valence-electron chi connectivity index (χ2n) is 7.53. The Kier molecular flexibility index (Phi) is 5.42. The molecule has 0 radical (unpaired) electrons. The third-order valence-corrected chi connectivity index (χ3v) is 5.50. The van der Waals surface area contributed by atoms with E-state index in [1.54, 1.807) is 0 Å². The van der Waals surface area contributed by atoms with E-state index >= 15 is 4.39 Å². The van der Waals surface area contributed by atoms with E-state index in [2.05, 4.69) is 5.32 Å². The number of nitrogens with one attached hydrogen (secondary N) is 1. The van der Waals surface area contributed by atoms with Gasteiger partial charge in [0, 0.05) is 31.9 Å². The number of amides is 1. The molecule has 0 spiro atoms. The lowest BCUT2D eigenvalue weighted by molar-refractivity contribution is -0.109. The number of pyridine rings is 1. The number of fused-ring (bicyclic) bond motifs is 1. The Morgan fingerprint density at radius 1 is 1.37 bits per heavy atom. The quantitative estimate of drug-likeness (QED) is 0.521. The number of aromatic nitrogens is 1. The smallest absolute Gasteiger partial charge is 0.341 e. The lowest BCUT2D eigenvalue weighted by Gasteiger charge is -2.35. The largest absolute Gasteiger partial charge is 0.477 e. The fraction of sp³-hybridized carbons (Fsp3) is 0.450. The van der Waals surface area contributed by atoms with Crippen LogP contribution in [0.15, 0.2) is 17.1 Å². The van der Waals surface area contributed by atoms with Gasteiger partial charge in [0.1, 0.15) is 17.1 Å². The number of anilines is 1. The summed E-state index contributed by atoms with van der Waals surface area (Å²) in [6.45, 7) is 1.12. The number of carbonyl (C=O) groups is 2. The number of ether oxygens (including phenoxy) is 1. The van der Waals surface area contributed by atoms with Gasteiger partial charge in [-0.15, -0.1) is 0 Å². The van der Waals surface area contributed by atoms with E-state index in [0.29, 0.717) is 19.4 Å². The highest BCUT2D eigenvalue weighted by atomic mass is 19.1. The molecule has 1 atom stereocenters. The number of carboxylic acid groups (broad SMARTS) is 1. The Hall–Kier alpha value is -3.01. The molecule has 30 heavy (non-hydrogen) atoms. The molecule has 10 heteroatoms. The minimum atomic E-state index is -1.43. The first kappa shape index (κ1) is 20.3. The summed E-state index contributed by atoms with van der Waals surface area (Å²) in [7, 11) is 0. The zero-order valence-corrected chi connectivity index (χ0v) is 16.1. The van der Waals surface area contributed by atoms with Crippen LogP contribution in [0.25, 0.3) is 10.9 Å². The molecule has 1 aliphatic carbocycles. The molecular weight excluding hydrogens is 400 g/mol. The van der Waals surface area contributed by atoms with Crippen LogP contribution in [0.4, 0.5) is 14.5 Å². The highest BCUT2D eigenvalue weighted by Gasteiger charge is 2.32. The number of hydrogen-bond donors (Lipinski definition) is 2. The number of morpholine rings is 1. The number of carboxylic acids is 1. The molecule has 4 rings (SSSR count). The van der Waals surface area contributed by atoms with E-state index in [9.17, 15) is 23.9 Å². The molecule has 2 heterocycles. The first-order valence-electron chi connectivity index (χ1n) is 9.76. The average molecular weight is 421 g/mol. The van der Waals surface area contributed by atoms with E-state index in [1.807, 2.05) is 0 Å². The van der Waals surface area contributed by atoms with E-state index in [1.165, 1.54) is 9.47 Å². The Balaban J connectivity index is 1.79. The van der Waals surface area contributed by atoms with Gasteiger partial charge in [-0.05, 0) is 25.3 Å². The maximum atomic E-state index is 15.6. The fourth-order valence-corrected chi connectivity index (χ4v) is 3.91. The van der Waals surface area contributed by atoms with Crippen molar-refractivity contribution in [2.75, 3.05) is 31.1 Å². The van der Waals surface area contributed by atoms with Crippen molar-refractivity contribution < 1.29 is 28.2 Å². The van der Waals surface area contributed by atoms with Crippen molar-refractivity contribution in [3.8, 4) is 0 Å². The van der Waals surface area contributed by atoms with Gasteiger partial charge in [-0.3, -0.25) is 9.59 Å². The van der Waals surface area contributed by atoms with Gasteiger partial charge < -0.3 is 24.6 Å². The summed E-state index contributed by atoms with van der Waals surface area (Å²) in [6.07, 6.45) is 3.36. The third-order valence-electron chi connectivity index (χ3n) is 5.50. The van der Waals surface area contributed by atoms with Crippen molar-refractivity contribution in [3.63, 3.8) is 0 Å². The molecule has 2 aromatic rings. The molecule has 8 nitrogen and oxygen atoms in total. The minimum Gasteiger partial charge on any atom is -0.477 e. The predicted molar refractivity (Wildman–Crippen MR) is 104 cm³/mol. The van der Waals surface area contributed by atoms with E-state index < -0.39 is 28.6 Å². The fourth-order valence-electron chi connectivity index (χ4n) is 3.91. The van der Waals surface area contributed by atoms with Crippen LogP contribution in [-0.4, -0.2) is 54.4 Å². The molecule has 1 saturated heterocycles. The molecule has 0 bridgehead atoms. The summed E-state index contributed by atoms with van der Waals surface area (Å²) in [5.41, 5.74) is -1.74. The second-order valence-corrected chi connectivity index (χ2v) is 7.53. The molecule has 1 unspecified atom stereocenters. The Bertz CT molecular complexity index is 1070. The summed E-state index contributed by atoms with van der Waals surface area (Å²) < 4.78 is 37.7. The number of rotatable bonds is 7. The molecule has 1 aromatic carbocycles. The van der Waals surface area contributed by atoms with Crippen LogP contribution < -0.4 is 15.6 Å². The monoisotopic (exact) mass is 421 g/mol. The summed E-state index contributed by atoms with van der Waals surface area (Å²) >= 11 is 0. The number of halogens is 2. The Labute approximate surface area is 170 Å². The lowest BCUT2D eigenvalue weighted by Crippen LogP contribution is -2.44. The number of nitrogens with zero attached hydrogens (tertiary/aromatic N) is 2. The van der Waals surface area contributed by atoms with Crippen LogP contribution in [0.5, 0.6) is 0 Å². The standard InChI is InChI=1S/C20H21F2N3O5/c21-15-7-13-17(25(11-1-2-11)9-14(19(13)27)20(28)29)16(22)18(15)24-5-6-30-12(8-24)3-4-23-10-26/h7,9-12H,1-6,8H2,(H,23,26)(H,28,29). The second kappa shape index (κ2) is 8.02. The average Bonchev–Trinajstić information content (AvgIpc) is 3.54. The third kappa shape index (κ3) is 3.62. The van der Waals surface area contributed by atoms with Crippen molar-refractivity contribution in [1.29, 1.82) is 0 Å². The molecule has 2 aliphatic rings. The van der Waals surface area contributed by atoms with Crippen molar-refractivity contribution >= 4 is 29.0 Å². The van der Waals surface area contributed by atoms with Crippen LogP contribution in [0.1, 0.15) is 35.7 Å². The molecule has 1 aliphatic heterocycles. The minimum absolute atomic E-state index is 0.0745. The van der Waals surface area contributed by atoms with Crippen molar-refractivity contribution in [3.05, 3.63) is 39.7 Å². The van der Waals surface area contributed by atoms with Gasteiger partial charge in [0.15, 0.2) is 5.82 Å². The zero-order chi connectivity index (χ0) is 21.4. The van der Waals surface area contributed by atoms with E-state index in [4.69, 9.17) is 4.74 Å². The lowest BCUT2D eigenvalue weighted by atomic mass is 10.1. The van der Waals surface area contributed by atoms with Crippen LogP contribution in [0, 0.1) is 11.6 Å². The zero-order valence-electron chi connectivity index (χ0n) is 16.1. The Morgan fingerprint density at radius 2 is 2.13 bits per heavy atom. The maximum Gasteiger partial charge on any atom is 0.341 e. The number of carbonyl (C=O) groups excluding carboxylic acids is 1. The molecule has 1 saturated carbocycles. The normalized spacial score (nSPS) is 19.1. The number of aromatic carboxylic acids is 1. The van der Waals surface area contributed by atoms with Crippen LogP contribution >= 0.6 is 0 Å². The summed E-state index contributed by atoms with van der Waals surface area (Å²) in [5, 5.41) is 11.6. The van der Waals surface area contributed by atoms with Crippen LogP contribution in [0.2, 0.25) is 0 Å². The molecular formula is C20H21F2N3O5. The van der Waals surface area contributed by atoms with Crippen LogP contribution in [-0.2, 0) is 9.53 Å². The molecule has 2 N–H and O–H groups in total. The van der Waals surface area contributed by atoms with E-state index in [0.717, 1.165) is 25.1 Å². The van der Waals surface area contributed by atoms with Gasteiger partial charge in [0.05, 0.1) is 23.6 Å². The van der Waals surface area contributed by atoms with Gasteiger partial charge >= 0.3 is 5.97 Å². The van der Waals surface area contributed by atoms with Crippen molar-refractivity contribution in [2.45, 2.75) is 31.4 Å². The summed E-state index contributed by atoms with van der Waals surface area (Å²) in [5.74, 6) is -3.23. The highest BCUT2D eigenvalue weighted by Crippen LogP contribution is 2.39. The highest BCUT2D eigenvalue weighted by molar-refractivity contribution is 5.94. The van der Waals surface area contributed by atoms with Gasteiger partial charge in [-0.2, -0.15) is 0 Å². The summed E-state index contributed by atoms with van der Waals surface area (Å²) in [4.78, 5) is 35.9. The first-order chi connectivity index (χ1) is 14.4. The maximum absolute atomic E-state index is 15.6.